The van der Waals surface area contributed by atoms with E-state index in [2.05, 4.69) is 16.1 Å². The normalized spacial score (nSPS) is 29.9. The molecule has 0 bridgehead atoms. The van der Waals surface area contributed by atoms with Gasteiger partial charge in [-0.3, -0.25) is 14.4 Å². The predicted molar refractivity (Wildman–Crippen MR) is 53.3 cm³/mol. The molecule has 2 heterocycles. The van der Waals surface area contributed by atoms with E-state index in [1.807, 2.05) is 0 Å². The van der Waals surface area contributed by atoms with Crippen LogP contribution >= 0.6 is 0 Å². The first-order valence-corrected chi connectivity index (χ1v) is 5.28. The fourth-order valence-electron chi connectivity index (χ4n) is 1.68. The van der Waals surface area contributed by atoms with Crippen molar-refractivity contribution in [2.75, 3.05) is 26.4 Å². The van der Waals surface area contributed by atoms with Crippen LogP contribution in [0.15, 0.2) is 0 Å². The van der Waals surface area contributed by atoms with Crippen LogP contribution in [0.1, 0.15) is 6.42 Å². The SMILES string of the molecule is O=C(CC1COCCN1)N[C@@H]1CONC1=O. The first-order chi connectivity index (χ1) is 7.75. The van der Waals surface area contributed by atoms with E-state index in [-0.39, 0.29) is 24.5 Å². The Kier molecular flexibility index (Phi) is 3.70. The predicted octanol–water partition coefficient (Wildman–Crippen LogP) is -2.09. The minimum Gasteiger partial charge on any atom is -0.378 e. The van der Waals surface area contributed by atoms with Crippen LogP contribution in [0.5, 0.6) is 0 Å². The molecule has 1 unspecified atom stereocenters. The third kappa shape index (κ3) is 2.91. The van der Waals surface area contributed by atoms with Gasteiger partial charge in [0.15, 0.2) is 0 Å². The van der Waals surface area contributed by atoms with Crippen LogP contribution in [0.4, 0.5) is 0 Å². The van der Waals surface area contributed by atoms with E-state index >= 15 is 0 Å². The maximum atomic E-state index is 11.6. The van der Waals surface area contributed by atoms with Crippen molar-refractivity contribution >= 4 is 11.8 Å². The van der Waals surface area contributed by atoms with Crippen molar-refractivity contribution < 1.29 is 19.2 Å². The van der Waals surface area contributed by atoms with Gasteiger partial charge in [0, 0.05) is 19.0 Å². The van der Waals surface area contributed by atoms with Crippen molar-refractivity contribution in [1.29, 1.82) is 0 Å². The lowest BCUT2D eigenvalue weighted by Gasteiger charge is -2.23. The van der Waals surface area contributed by atoms with Gasteiger partial charge in [-0.25, -0.2) is 5.48 Å². The summed E-state index contributed by atoms with van der Waals surface area (Å²) in [5.41, 5.74) is 2.18. The summed E-state index contributed by atoms with van der Waals surface area (Å²) in [6.45, 7) is 2.14. The molecule has 0 aliphatic carbocycles. The van der Waals surface area contributed by atoms with Crippen LogP contribution in [0.2, 0.25) is 0 Å². The number of rotatable bonds is 3. The van der Waals surface area contributed by atoms with Crippen LogP contribution in [-0.4, -0.2) is 50.3 Å². The van der Waals surface area contributed by atoms with E-state index in [4.69, 9.17) is 9.57 Å². The van der Waals surface area contributed by atoms with Gasteiger partial charge in [-0.05, 0) is 0 Å². The summed E-state index contributed by atoms with van der Waals surface area (Å²) in [5.74, 6) is -0.477. The number of amides is 2. The first kappa shape index (κ1) is 11.3. The monoisotopic (exact) mass is 229 g/mol. The molecule has 2 atom stereocenters. The summed E-state index contributed by atoms with van der Waals surface area (Å²) in [7, 11) is 0. The summed E-state index contributed by atoms with van der Waals surface area (Å²) < 4.78 is 5.23. The van der Waals surface area contributed by atoms with Crippen molar-refractivity contribution in [3.63, 3.8) is 0 Å². The molecule has 0 spiro atoms. The van der Waals surface area contributed by atoms with Crippen LogP contribution in [0.25, 0.3) is 0 Å². The van der Waals surface area contributed by atoms with Gasteiger partial charge in [-0.1, -0.05) is 0 Å². The highest BCUT2D eigenvalue weighted by molar-refractivity contribution is 5.88. The Morgan fingerprint density at radius 1 is 1.50 bits per heavy atom. The maximum Gasteiger partial charge on any atom is 0.268 e. The van der Waals surface area contributed by atoms with Crippen LogP contribution in [0.3, 0.4) is 0 Å². The van der Waals surface area contributed by atoms with Crippen LogP contribution < -0.4 is 16.1 Å². The fraction of sp³-hybridized carbons (Fsp3) is 0.778. The van der Waals surface area contributed by atoms with Crippen LogP contribution in [-0.2, 0) is 19.2 Å². The van der Waals surface area contributed by atoms with Crippen molar-refractivity contribution in [3.05, 3.63) is 0 Å². The molecular weight excluding hydrogens is 214 g/mol. The number of morpholine rings is 1. The second-order valence-electron chi connectivity index (χ2n) is 3.83. The number of hydrogen-bond donors (Lipinski definition) is 3. The highest BCUT2D eigenvalue weighted by Crippen LogP contribution is 2.00. The van der Waals surface area contributed by atoms with E-state index in [1.165, 1.54) is 0 Å². The minimum atomic E-state index is -0.572. The van der Waals surface area contributed by atoms with E-state index in [0.717, 1.165) is 6.54 Å². The number of hydroxylamine groups is 1. The van der Waals surface area contributed by atoms with Crippen molar-refractivity contribution in [1.82, 2.24) is 16.1 Å². The molecule has 7 heteroatoms. The molecule has 90 valence electrons. The van der Waals surface area contributed by atoms with Gasteiger partial charge in [-0.15, -0.1) is 0 Å². The third-order valence-corrected chi connectivity index (χ3v) is 2.50. The minimum absolute atomic E-state index is 0.0270. The number of ether oxygens (including phenoxy) is 1. The average molecular weight is 229 g/mol. The average Bonchev–Trinajstić information content (AvgIpc) is 2.66. The van der Waals surface area contributed by atoms with Crippen molar-refractivity contribution in [3.8, 4) is 0 Å². The molecule has 16 heavy (non-hydrogen) atoms. The molecule has 2 aliphatic heterocycles. The topological polar surface area (TPSA) is 88.7 Å². The summed E-state index contributed by atoms with van der Waals surface area (Å²) in [6.07, 6.45) is 0.309. The van der Waals surface area contributed by atoms with E-state index < -0.39 is 6.04 Å². The highest BCUT2D eigenvalue weighted by atomic mass is 16.7. The molecule has 2 aliphatic rings. The molecule has 2 fully saturated rings. The standard InChI is InChI=1S/C9H15N3O4/c13-8(3-6-4-15-2-1-10-6)11-7-5-16-12-9(7)14/h6-7,10H,1-5H2,(H,11,13)(H,12,14)/t6?,7-/m1/s1. The van der Waals surface area contributed by atoms with E-state index in [0.29, 0.717) is 19.6 Å². The van der Waals surface area contributed by atoms with Crippen molar-refractivity contribution in [2.45, 2.75) is 18.5 Å². The lowest BCUT2D eigenvalue weighted by atomic mass is 10.2. The van der Waals surface area contributed by atoms with Gasteiger partial charge in [-0.2, -0.15) is 0 Å². The first-order valence-electron chi connectivity index (χ1n) is 5.28. The Labute approximate surface area is 92.8 Å². The Morgan fingerprint density at radius 3 is 3.00 bits per heavy atom. The number of hydrogen-bond acceptors (Lipinski definition) is 5. The second-order valence-corrected chi connectivity index (χ2v) is 3.83. The Bertz CT molecular complexity index is 278. The molecule has 0 radical (unpaired) electrons. The zero-order chi connectivity index (χ0) is 11.4. The lowest BCUT2D eigenvalue weighted by Crippen LogP contribution is -2.47. The number of carbonyl (C=O) groups is 2. The smallest absolute Gasteiger partial charge is 0.268 e. The largest absolute Gasteiger partial charge is 0.378 e. The molecule has 3 N–H and O–H groups in total. The summed E-state index contributed by atoms with van der Waals surface area (Å²) in [4.78, 5) is 27.4. The highest BCUT2D eigenvalue weighted by Gasteiger charge is 2.28. The molecular formula is C9H15N3O4. The zero-order valence-electron chi connectivity index (χ0n) is 8.82. The van der Waals surface area contributed by atoms with Gasteiger partial charge < -0.3 is 15.4 Å². The van der Waals surface area contributed by atoms with E-state index in [1.54, 1.807) is 0 Å². The quantitative estimate of drug-likeness (QED) is 0.516. The van der Waals surface area contributed by atoms with Crippen molar-refractivity contribution in [2.24, 2.45) is 0 Å². The Balaban J connectivity index is 1.72. The second kappa shape index (κ2) is 5.24. The van der Waals surface area contributed by atoms with E-state index in [9.17, 15) is 9.59 Å². The number of carbonyl (C=O) groups excluding carboxylic acids is 2. The van der Waals surface area contributed by atoms with Crippen LogP contribution in [0, 0.1) is 0 Å². The molecule has 2 saturated heterocycles. The molecule has 7 nitrogen and oxygen atoms in total. The fourth-order valence-corrected chi connectivity index (χ4v) is 1.68. The molecule has 2 amide bonds. The number of nitrogens with one attached hydrogen (secondary N) is 3. The Hall–Kier alpha value is -1.18. The molecule has 0 aromatic heterocycles. The maximum absolute atomic E-state index is 11.6. The van der Waals surface area contributed by atoms with Gasteiger partial charge in [0.2, 0.25) is 5.91 Å². The van der Waals surface area contributed by atoms with Gasteiger partial charge in [0.25, 0.3) is 5.91 Å². The third-order valence-electron chi connectivity index (χ3n) is 2.50. The summed E-state index contributed by atoms with van der Waals surface area (Å²) in [5, 5.41) is 5.77. The lowest BCUT2D eigenvalue weighted by molar-refractivity contribution is -0.129. The Morgan fingerprint density at radius 2 is 2.38 bits per heavy atom. The van der Waals surface area contributed by atoms with Gasteiger partial charge in [0.1, 0.15) is 12.6 Å². The van der Waals surface area contributed by atoms with Gasteiger partial charge >= 0.3 is 0 Å². The summed E-state index contributed by atoms with van der Waals surface area (Å²) >= 11 is 0. The molecule has 0 saturated carbocycles. The van der Waals surface area contributed by atoms with Gasteiger partial charge in [0.05, 0.1) is 13.2 Å². The molecule has 2 rings (SSSR count). The molecule has 0 aromatic rings. The molecule has 0 aromatic carbocycles. The summed E-state index contributed by atoms with van der Waals surface area (Å²) in [6, 6.07) is -0.545. The zero-order valence-corrected chi connectivity index (χ0v) is 8.82.